The Morgan fingerprint density at radius 1 is 0.682 bits per heavy atom. The molecule has 0 bridgehead atoms. The van der Waals surface area contributed by atoms with Crippen LogP contribution in [0, 0.1) is 0 Å². The Bertz CT molecular complexity index is 1550. The Morgan fingerprint density at radius 2 is 1.25 bits per heavy atom. The molecule has 2 fully saturated rings. The molecule has 0 saturated carbocycles. The molecule has 0 amide bonds. The highest BCUT2D eigenvalue weighted by Crippen LogP contribution is 2.40. The van der Waals surface area contributed by atoms with Crippen molar-refractivity contribution < 1.29 is 79.5 Å². The average molecular weight is 627 g/mol. The number of phenols is 3. The van der Waals surface area contributed by atoms with Crippen molar-refractivity contribution in [1.29, 1.82) is 0 Å². The number of aliphatic hydroxyl groups excluding tert-OH is 8. The zero-order valence-electron chi connectivity index (χ0n) is 22.4. The Labute approximate surface area is 246 Å². The summed E-state index contributed by atoms with van der Waals surface area (Å²) in [6.45, 7) is -1.60. The van der Waals surface area contributed by atoms with Crippen LogP contribution in [0.1, 0.15) is 0 Å². The van der Waals surface area contributed by atoms with Gasteiger partial charge in [0.25, 0.3) is 0 Å². The van der Waals surface area contributed by atoms with Gasteiger partial charge in [-0.1, -0.05) is 0 Å². The Morgan fingerprint density at radius 3 is 1.80 bits per heavy atom. The van der Waals surface area contributed by atoms with Gasteiger partial charge in [0.1, 0.15) is 71.3 Å². The summed E-state index contributed by atoms with van der Waals surface area (Å²) < 4.78 is 27.8. The molecule has 17 nitrogen and oxygen atoms in total. The standard InChI is InChI=1S/C27H30O17/c28-6-14-17(33)20(36)22(38)26(42-14)41-13-5-9(30)4-12-16(13)19(35)25(24(40-12)8-1-2-10(31)11(32)3-8)44-27-23(39)21(37)18(34)15(7-29)43-27/h1-5,14-15,17-18,20-23,26-34,36-39H,6-7H2/t14-,15-,17-,18-,20-,21-,22-,23+,26+,27-/m0/s1. The maximum atomic E-state index is 14.1. The smallest absolute Gasteiger partial charge is 0.239 e. The number of hydrogen-bond donors (Lipinski definition) is 11. The van der Waals surface area contributed by atoms with Gasteiger partial charge in [-0.15, -0.1) is 0 Å². The van der Waals surface area contributed by atoms with E-state index < -0.39 is 120 Å². The summed E-state index contributed by atoms with van der Waals surface area (Å²) in [7, 11) is 0. The van der Waals surface area contributed by atoms with Gasteiger partial charge in [-0.25, -0.2) is 0 Å². The molecular weight excluding hydrogens is 596 g/mol. The number of hydrogen-bond acceptors (Lipinski definition) is 17. The van der Waals surface area contributed by atoms with Gasteiger partial charge in [-0.3, -0.25) is 4.79 Å². The van der Waals surface area contributed by atoms with Gasteiger partial charge in [0, 0.05) is 17.7 Å². The summed E-state index contributed by atoms with van der Waals surface area (Å²) >= 11 is 0. The Kier molecular flexibility index (Phi) is 8.87. The van der Waals surface area contributed by atoms with E-state index in [0.29, 0.717) is 0 Å². The summed E-state index contributed by atoms with van der Waals surface area (Å²) in [5, 5.41) is 110. The van der Waals surface area contributed by atoms with E-state index in [9.17, 15) is 61.0 Å². The third-order valence-electron chi connectivity index (χ3n) is 7.31. The first-order valence-corrected chi connectivity index (χ1v) is 13.2. The molecule has 10 atom stereocenters. The zero-order valence-corrected chi connectivity index (χ0v) is 22.4. The van der Waals surface area contributed by atoms with E-state index in [1.165, 1.54) is 6.07 Å². The number of aliphatic hydroxyl groups is 8. The minimum Gasteiger partial charge on any atom is -0.508 e. The highest BCUT2D eigenvalue weighted by Gasteiger charge is 2.46. The minimum atomic E-state index is -1.96. The predicted molar refractivity (Wildman–Crippen MR) is 142 cm³/mol. The van der Waals surface area contributed by atoms with Crippen LogP contribution in [0.3, 0.4) is 0 Å². The van der Waals surface area contributed by atoms with Gasteiger partial charge in [0.05, 0.1) is 13.2 Å². The number of rotatable bonds is 7. The quantitative estimate of drug-likeness (QED) is 0.116. The molecule has 2 aromatic carbocycles. The van der Waals surface area contributed by atoms with E-state index in [4.69, 9.17) is 23.4 Å². The van der Waals surface area contributed by atoms with Gasteiger partial charge < -0.3 is 79.5 Å². The van der Waals surface area contributed by atoms with E-state index in [1.807, 2.05) is 0 Å². The molecule has 17 heteroatoms. The van der Waals surface area contributed by atoms with Crippen LogP contribution in [0.4, 0.5) is 0 Å². The molecular formula is C27H30O17. The van der Waals surface area contributed by atoms with E-state index in [0.717, 1.165) is 24.3 Å². The second-order valence-electron chi connectivity index (χ2n) is 10.2. The molecule has 11 N–H and O–H groups in total. The van der Waals surface area contributed by atoms with Crippen LogP contribution in [-0.4, -0.2) is 131 Å². The number of benzene rings is 2. The predicted octanol–water partition coefficient (Wildman–Crippen LogP) is -3.07. The lowest BCUT2D eigenvalue weighted by Crippen LogP contribution is -2.60. The summed E-state index contributed by atoms with van der Waals surface area (Å²) in [5.74, 6) is -3.37. The van der Waals surface area contributed by atoms with Crippen LogP contribution in [0.15, 0.2) is 39.5 Å². The first-order valence-electron chi connectivity index (χ1n) is 13.2. The zero-order chi connectivity index (χ0) is 32.0. The van der Waals surface area contributed by atoms with Crippen LogP contribution in [0.5, 0.6) is 28.7 Å². The topological polar surface area (TPSA) is 290 Å². The van der Waals surface area contributed by atoms with E-state index in [-0.39, 0.29) is 11.1 Å². The van der Waals surface area contributed by atoms with Crippen LogP contribution < -0.4 is 14.9 Å². The molecule has 5 rings (SSSR count). The fraction of sp³-hybridized carbons (Fsp3) is 0.444. The van der Waals surface area contributed by atoms with Gasteiger partial charge in [-0.05, 0) is 18.2 Å². The molecule has 0 radical (unpaired) electrons. The number of phenolic OH excluding ortho intramolecular Hbond substituents is 3. The Hall–Kier alpha value is -3.75. The van der Waals surface area contributed by atoms with Crippen LogP contribution in [-0.2, 0) is 9.47 Å². The van der Waals surface area contributed by atoms with Crippen LogP contribution in [0.25, 0.3) is 22.3 Å². The molecule has 1 aromatic heterocycles. The van der Waals surface area contributed by atoms with Crippen molar-refractivity contribution in [3.63, 3.8) is 0 Å². The minimum absolute atomic E-state index is 0.0707. The summed E-state index contributed by atoms with van der Waals surface area (Å²) in [4.78, 5) is 14.1. The first kappa shape index (κ1) is 31.7. The molecule has 3 heterocycles. The number of aromatic hydroxyl groups is 3. The lowest BCUT2D eigenvalue weighted by molar-refractivity contribution is -0.277. The molecule has 0 unspecified atom stereocenters. The number of ether oxygens (including phenoxy) is 4. The maximum absolute atomic E-state index is 14.1. The monoisotopic (exact) mass is 626 g/mol. The second kappa shape index (κ2) is 12.3. The number of fused-ring (bicyclic) bond motifs is 1. The van der Waals surface area contributed by atoms with Crippen molar-refractivity contribution in [3.8, 4) is 40.1 Å². The van der Waals surface area contributed by atoms with Crippen molar-refractivity contribution in [2.24, 2.45) is 0 Å². The van der Waals surface area contributed by atoms with E-state index in [2.05, 4.69) is 0 Å². The normalized spacial score (nSPS) is 32.5. The lowest BCUT2D eigenvalue weighted by atomic mass is 9.99. The molecule has 2 saturated heterocycles. The summed E-state index contributed by atoms with van der Waals surface area (Å²) in [5.41, 5.74) is -1.51. The fourth-order valence-electron chi connectivity index (χ4n) is 4.88. The molecule has 2 aliphatic heterocycles. The average Bonchev–Trinajstić information content (AvgIpc) is 2.99. The lowest BCUT2D eigenvalue weighted by Gasteiger charge is -2.39. The van der Waals surface area contributed by atoms with E-state index in [1.54, 1.807) is 0 Å². The van der Waals surface area contributed by atoms with Crippen molar-refractivity contribution in [2.45, 2.75) is 61.4 Å². The SMILES string of the molecule is O=c1c(O[C@@H]2O[C@@H](CO)[C@H](O)[C@H](O)[C@H]2O)c(-c2ccc(O)c(O)c2)oc2cc(O)cc(O[C@@H]3O[C@@H](CO)[C@H](O)[C@H](O)[C@@H]3O)c12. The first-order chi connectivity index (χ1) is 20.9. The Balaban J connectivity index is 1.66. The van der Waals surface area contributed by atoms with Gasteiger partial charge in [0.2, 0.25) is 23.8 Å². The van der Waals surface area contributed by atoms with E-state index >= 15 is 0 Å². The third-order valence-corrected chi connectivity index (χ3v) is 7.31. The largest absolute Gasteiger partial charge is 0.508 e. The van der Waals surface area contributed by atoms with Crippen molar-refractivity contribution >= 4 is 11.0 Å². The second-order valence-corrected chi connectivity index (χ2v) is 10.2. The summed E-state index contributed by atoms with van der Waals surface area (Å²) in [6.07, 6.45) is -17.5. The maximum Gasteiger partial charge on any atom is 0.239 e. The fourth-order valence-corrected chi connectivity index (χ4v) is 4.88. The summed E-state index contributed by atoms with van der Waals surface area (Å²) in [6, 6.07) is 5.19. The molecule has 3 aromatic rings. The highest BCUT2D eigenvalue weighted by atomic mass is 16.7. The third kappa shape index (κ3) is 5.61. The molecule has 0 aliphatic carbocycles. The van der Waals surface area contributed by atoms with Crippen LogP contribution >= 0.6 is 0 Å². The molecule has 44 heavy (non-hydrogen) atoms. The van der Waals surface area contributed by atoms with Crippen molar-refractivity contribution in [2.75, 3.05) is 13.2 Å². The van der Waals surface area contributed by atoms with Crippen molar-refractivity contribution in [1.82, 2.24) is 0 Å². The molecule has 0 spiro atoms. The molecule has 2 aliphatic rings. The van der Waals surface area contributed by atoms with Crippen LogP contribution in [0.2, 0.25) is 0 Å². The molecule has 240 valence electrons. The van der Waals surface area contributed by atoms with Crippen molar-refractivity contribution in [3.05, 3.63) is 40.6 Å². The van der Waals surface area contributed by atoms with Gasteiger partial charge in [-0.2, -0.15) is 0 Å². The highest BCUT2D eigenvalue weighted by molar-refractivity contribution is 5.88. The van der Waals surface area contributed by atoms with Gasteiger partial charge in [0.15, 0.2) is 17.3 Å². The van der Waals surface area contributed by atoms with Gasteiger partial charge >= 0.3 is 0 Å².